The fraction of sp³-hybridized carbons (Fsp3) is 0.909. The zero-order valence-electron chi connectivity index (χ0n) is 18.7. The second-order valence-corrected chi connectivity index (χ2v) is 20.9. The molecule has 3 heteroatoms. The molecule has 0 rings (SSSR count). The van der Waals surface area contributed by atoms with Gasteiger partial charge in [0, 0.05) is 33.8 Å². The van der Waals surface area contributed by atoms with E-state index in [2.05, 4.69) is 57.7 Å². The molecule has 0 aliphatic carbocycles. The van der Waals surface area contributed by atoms with Gasteiger partial charge in [0.25, 0.3) is 0 Å². The van der Waals surface area contributed by atoms with E-state index in [1.54, 1.807) is 0 Å². The van der Waals surface area contributed by atoms with Gasteiger partial charge in [0.05, 0.1) is 5.54 Å². The lowest BCUT2D eigenvalue weighted by Gasteiger charge is -2.27. The molecule has 0 fully saturated rings. The zero-order valence-corrected chi connectivity index (χ0v) is 20.7. The van der Waals surface area contributed by atoms with Gasteiger partial charge < -0.3 is 5.73 Å². The average Bonchev–Trinajstić information content (AvgIpc) is 2.46. The van der Waals surface area contributed by atoms with E-state index in [1.165, 1.54) is 70.3 Å². The summed E-state index contributed by atoms with van der Waals surface area (Å²) in [6.07, 6.45) is 14.5. The van der Waals surface area contributed by atoms with E-state index in [0.717, 1.165) is 6.42 Å². The van der Waals surface area contributed by atoms with Crippen LogP contribution >= 0.6 is 0 Å². The van der Waals surface area contributed by atoms with Crippen molar-refractivity contribution < 1.29 is 5.73 Å². The highest BCUT2D eigenvalue weighted by atomic mass is 28.3. The van der Waals surface area contributed by atoms with Gasteiger partial charge in [-0.1, -0.05) is 71.5 Å². The Morgan fingerprint density at radius 2 is 1.28 bits per heavy atom. The first kappa shape index (κ1) is 25.0. The lowest BCUT2D eigenvalue weighted by molar-refractivity contribution is -0.484. The summed E-state index contributed by atoms with van der Waals surface area (Å²) >= 11 is 0. The Morgan fingerprint density at radius 1 is 0.760 bits per heavy atom. The molecule has 0 aliphatic heterocycles. The fourth-order valence-corrected chi connectivity index (χ4v) is 5.29. The lowest BCUT2D eigenvalue weighted by atomic mass is 9.83. The largest absolute Gasteiger partial charge is 0.353 e. The SMILES string of the molecule is CCCCCC([NH3+])(CCCCC#C[Si](C)(C)C)CCCC[Si](C)(C)C. The predicted molar refractivity (Wildman–Crippen MR) is 121 cm³/mol. The molecule has 1 atom stereocenters. The first-order valence-electron chi connectivity index (χ1n) is 10.8. The molecule has 0 spiro atoms. The summed E-state index contributed by atoms with van der Waals surface area (Å²) < 4.78 is 0. The van der Waals surface area contributed by atoms with E-state index in [9.17, 15) is 0 Å². The van der Waals surface area contributed by atoms with E-state index in [0.29, 0.717) is 5.54 Å². The van der Waals surface area contributed by atoms with Gasteiger partial charge in [-0.2, -0.15) is 0 Å². The van der Waals surface area contributed by atoms with E-state index in [-0.39, 0.29) is 0 Å². The molecule has 0 aromatic heterocycles. The van der Waals surface area contributed by atoms with Crippen molar-refractivity contribution in [2.24, 2.45) is 0 Å². The zero-order chi connectivity index (χ0) is 19.4. The highest BCUT2D eigenvalue weighted by Crippen LogP contribution is 2.25. The van der Waals surface area contributed by atoms with Gasteiger partial charge in [0.1, 0.15) is 8.07 Å². The quantitative estimate of drug-likeness (QED) is 0.214. The first-order valence-corrected chi connectivity index (χ1v) is 18.0. The molecular formula is C22H48NSi2+. The third-order valence-corrected chi connectivity index (χ3v) is 7.70. The van der Waals surface area contributed by atoms with Crippen molar-refractivity contribution >= 4 is 16.1 Å². The van der Waals surface area contributed by atoms with Crippen molar-refractivity contribution in [1.29, 1.82) is 0 Å². The normalized spacial score (nSPS) is 14.7. The summed E-state index contributed by atoms with van der Waals surface area (Å²) in [6, 6.07) is 1.48. The van der Waals surface area contributed by atoms with Gasteiger partial charge in [-0.25, -0.2) is 0 Å². The van der Waals surface area contributed by atoms with Crippen LogP contribution in [0.25, 0.3) is 0 Å². The van der Waals surface area contributed by atoms with Gasteiger partial charge in [0.15, 0.2) is 0 Å². The van der Waals surface area contributed by atoms with Gasteiger partial charge in [-0.05, 0) is 25.7 Å². The molecule has 1 nitrogen and oxygen atoms in total. The molecule has 25 heavy (non-hydrogen) atoms. The summed E-state index contributed by atoms with van der Waals surface area (Å²) in [5.74, 6) is 3.43. The molecule has 0 heterocycles. The van der Waals surface area contributed by atoms with Crippen LogP contribution in [0.1, 0.15) is 77.6 Å². The molecule has 0 amide bonds. The molecule has 0 aromatic carbocycles. The summed E-state index contributed by atoms with van der Waals surface area (Å²) in [6.45, 7) is 16.8. The Bertz CT molecular complexity index is 395. The van der Waals surface area contributed by atoms with Crippen molar-refractivity contribution in [3.8, 4) is 11.5 Å². The van der Waals surface area contributed by atoms with Crippen molar-refractivity contribution in [3.05, 3.63) is 0 Å². The van der Waals surface area contributed by atoms with Crippen LogP contribution in [0, 0.1) is 11.5 Å². The Kier molecular flexibility index (Phi) is 12.3. The molecular weight excluding hydrogens is 334 g/mol. The number of hydrogen-bond donors (Lipinski definition) is 1. The van der Waals surface area contributed by atoms with E-state index >= 15 is 0 Å². The summed E-state index contributed by atoms with van der Waals surface area (Å²) in [5.41, 5.74) is 8.54. The monoisotopic (exact) mass is 382 g/mol. The number of rotatable bonds is 13. The minimum absolute atomic E-state index is 0.334. The van der Waals surface area contributed by atoms with E-state index in [4.69, 9.17) is 5.73 Å². The molecule has 3 N–H and O–H groups in total. The lowest BCUT2D eigenvalue weighted by Crippen LogP contribution is -2.72. The van der Waals surface area contributed by atoms with Gasteiger partial charge in [0.2, 0.25) is 0 Å². The number of hydrogen-bond acceptors (Lipinski definition) is 0. The van der Waals surface area contributed by atoms with Crippen molar-refractivity contribution in [3.63, 3.8) is 0 Å². The maximum absolute atomic E-state index is 4.71. The van der Waals surface area contributed by atoms with Gasteiger partial charge >= 0.3 is 0 Å². The molecule has 148 valence electrons. The predicted octanol–water partition coefficient (Wildman–Crippen LogP) is 6.50. The molecule has 0 radical (unpaired) electrons. The highest BCUT2D eigenvalue weighted by molar-refractivity contribution is 6.83. The van der Waals surface area contributed by atoms with Crippen molar-refractivity contribution in [1.82, 2.24) is 0 Å². The Hall–Kier alpha value is -0.0462. The third kappa shape index (κ3) is 17.1. The van der Waals surface area contributed by atoms with Crippen LogP contribution < -0.4 is 5.73 Å². The third-order valence-electron chi connectivity index (χ3n) is 4.92. The number of unbranched alkanes of at least 4 members (excludes halogenated alkanes) is 5. The Balaban J connectivity index is 4.27. The van der Waals surface area contributed by atoms with Crippen LogP contribution in [0.2, 0.25) is 45.3 Å². The van der Waals surface area contributed by atoms with Gasteiger partial charge in [-0.15, -0.1) is 11.5 Å². The topological polar surface area (TPSA) is 27.6 Å². The van der Waals surface area contributed by atoms with Crippen LogP contribution in [-0.4, -0.2) is 21.7 Å². The summed E-state index contributed by atoms with van der Waals surface area (Å²) in [4.78, 5) is 0. The molecule has 0 saturated heterocycles. The second-order valence-electron chi connectivity index (χ2n) is 10.5. The number of quaternary nitrogens is 1. The first-order chi connectivity index (χ1) is 11.5. The summed E-state index contributed by atoms with van der Waals surface area (Å²) in [7, 11) is -2.06. The molecule has 0 saturated carbocycles. The second kappa shape index (κ2) is 12.4. The van der Waals surface area contributed by atoms with Gasteiger partial charge in [-0.3, -0.25) is 0 Å². The smallest absolute Gasteiger partial charge is 0.129 e. The highest BCUT2D eigenvalue weighted by Gasteiger charge is 2.27. The van der Waals surface area contributed by atoms with Crippen molar-refractivity contribution in [2.75, 3.05) is 0 Å². The molecule has 0 bridgehead atoms. The maximum Gasteiger partial charge on any atom is 0.129 e. The van der Waals surface area contributed by atoms with Crippen molar-refractivity contribution in [2.45, 2.75) is 128 Å². The standard InChI is InChI=1S/C22H47NSi2/c1-8-9-12-17-22(23,19-14-16-21-25(5,6)7)18-13-10-11-15-20-24(2,3)4/h8-14,16-19,21,23H2,1-7H3/p+1. The van der Waals surface area contributed by atoms with E-state index in [1.807, 2.05) is 0 Å². The Labute approximate surface area is 162 Å². The van der Waals surface area contributed by atoms with Crippen LogP contribution in [-0.2, 0) is 0 Å². The maximum atomic E-state index is 4.71. The van der Waals surface area contributed by atoms with Crippen LogP contribution in [0.3, 0.4) is 0 Å². The summed E-state index contributed by atoms with van der Waals surface area (Å²) in [5, 5.41) is 0. The Morgan fingerprint density at radius 3 is 1.76 bits per heavy atom. The van der Waals surface area contributed by atoms with E-state index < -0.39 is 16.1 Å². The van der Waals surface area contributed by atoms with Crippen LogP contribution in [0.15, 0.2) is 0 Å². The molecule has 1 unspecified atom stereocenters. The minimum atomic E-state index is -1.18. The van der Waals surface area contributed by atoms with Crippen LogP contribution in [0.5, 0.6) is 0 Å². The fourth-order valence-electron chi connectivity index (χ4n) is 3.32. The van der Waals surface area contributed by atoms with Crippen LogP contribution in [0.4, 0.5) is 0 Å². The average molecular weight is 383 g/mol. The molecule has 0 aromatic rings. The minimum Gasteiger partial charge on any atom is -0.353 e. The molecule has 0 aliphatic rings.